The molecule has 0 bridgehead atoms. The Kier molecular flexibility index (Phi) is 12.4. The number of carbonyl (C=O) groups excluding carboxylic acids is 2. The van der Waals surface area contributed by atoms with Crippen molar-refractivity contribution in [3.63, 3.8) is 0 Å². The highest BCUT2D eigenvalue weighted by Crippen LogP contribution is 2.36. The van der Waals surface area contributed by atoms with Crippen LogP contribution in [-0.2, 0) is 26.2 Å². The van der Waals surface area contributed by atoms with Gasteiger partial charge in [0.15, 0.2) is 0 Å². The zero-order chi connectivity index (χ0) is 31.0. The van der Waals surface area contributed by atoms with Crippen LogP contribution >= 0.6 is 46.4 Å². The largest absolute Gasteiger partial charge is 0.354 e. The molecule has 0 aliphatic rings. The quantitative estimate of drug-likeness (QED) is 0.190. The standard InChI is InChI=1S/C30H33Cl4N3O4S/c1-4-6-16-35-30(39)26(5-2)36(18-21-12-15-23(31)25(33)17-21)28(38)19-37(27-9-7-8-24(32)29(27)34)42(40,41)22-13-10-20(3)11-14-22/h7-15,17,26H,4-6,16,18-19H2,1-3H3,(H,35,39)/t26-/m1/s1. The molecule has 3 rings (SSSR count). The minimum absolute atomic E-state index is 0.0167. The van der Waals surface area contributed by atoms with Crippen molar-refractivity contribution in [3.8, 4) is 0 Å². The molecule has 0 radical (unpaired) electrons. The zero-order valence-corrected chi connectivity index (χ0v) is 27.4. The molecule has 0 aromatic heterocycles. The topological polar surface area (TPSA) is 86.8 Å². The van der Waals surface area contributed by atoms with Crippen LogP contribution in [0.5, 0.6) is 0 Å². The van der Waals surface area contributed by atoms with Crippen molar-refractivity contribution in [2.75, 3.05) is 17.4 Å². The fraction of sp³-hybridized carbons (Fsp3) is 0.333. The zero-order valence-electron chi connectivity index (χ0n) is 23.5. The summed E-state index contributed by atoms with van der Waals surface area (Å²) in [5, 5.41) is 3.62. The van der Waals surface area contributed by atoms with Gasteiger partial charge in [-0.3, -0.25) is 13.9 Å². The van der Waals surface area contributed by atoms with Crippen LogP contribution in [0.15, 0.2) is 65.6 Å². The van der Waals surface area contributed by atoms with Gasteiger partial charge < -0.3 is 10.2 Å². The first-order valence-electron chi connectivity index (χ1n) is 13.4. The fourth-order valence-electron chi connectivity index (χ4n) is 4.30. The van der Waals surface area contributed by atoms with Gasteiger partial charge in [0.1, 0.15) is 12.6 Å². The van der Waals surface area contributed by atoms with Gasteiger partial charge in [-0.05, 0) is 61.7 Å². The van der Waals surface area contributed by atoms with Crippen LogP contribution in [0.2, 0.25) is 20.1 Å². The molecular weight excluding hydrogens is 640 g/mol. The molecule has 0 saturated heterocycles. The Bertz CT molecular complexity index is 1520. The molecule has 226 valence electrons. The highest BCUT2D eigenvalue weighted by atomic mass is 35.5. The average Bonchev–Trinajstić information content (AvgIpc) is 2.95. The lowest BCUT2D eigenvalue weighted by Crippen LogP contribution is -2.52. The fourth-order valence-corrected chi connectivity index (χ4v) is 6.49. The Morgan fingerprint density at radius 3 is 2.21 bits per heavy atom. The van der Waals surface area contributed by atoms with Gasteiger partial charge in [-0.2, -0.15) is 0 Å². The first-order valence-corrected chi connectivity index (χ1v) is 16.4. The lowest BCUT2D eigenvalue weighted by atomic mass is 10.1. The van der Waals surface area contributed by atoms with E-state index >= 15 is 0 Å². The molecule has 0 spiro atoms. The smallest absolute Gasteiger partial charge is 0.264 e. The highest BCUT2D eigenvalue weighted by Gasteiger charge is 2.34. The molecule has 0 saturated carbocycles. The average molecular weight is 673 g/mol. The van der Waals surface area contributed by atoms with E-state index in [1.54, 1.807) is 43.3 Å². The predicted molar refractivity (Wildman–Crippen MR) is 171 cm³/mol. The van der Waals surface area contributed by atoms with Gasteiger partial charge >= 0.3 is 0 Å². The van der Waals surface area contributed by atoms with Crippen LogP contribution < -0.4 is 9.62 Å². The van der Waals surface area contributed by atoms with E-state index in [0.29, 0.717) is 17.1 Å². The number of halogens is 4. The molecule has 0 aliphatic heterocycles. The number of aryl methyl sites for hydroxylation is 1. The van der Waals surface area contributed by atoms with Gasteiger partial charge in [-0.25, -0.2) is 8.42 Å². The van der Waals surface area contributed by atoms with Crippen molar-refractivity contribution in [2.24, 2.45) is 0 Å². The molecule has 7 nitrogen and oxygen atoms in total. The highest BCUT2D eigenvalue weighted by molar-refractivity contribution is 7.92. The van der Waals surface area contributed by atoms with E-state index in [4.69, 9.17) is 46.4 Å². The SMILES string of the molecule is CCCCNC(=O)[C@@H](CC)N(Cc1ccc(Cl)c(Cl)c1)C(=O)CN(c1cccc(Cl)c1Cl)S(=O)(=O)c1ccc(C)cc1. The summed E-state index contributed by atoms with van der Waals surface area (Å²) in [5.74, 6) is -0.960. The van der Waals surface area contributed by atoms with E-state index < -0.39 is 28.5 Å². The summed E-state index contributed by atoms with van der Waals surface area (Å²) < 4.78 is 28.9. The summed E-state index contributed by atoms with van der Waals surface area (Å²) in [6.07, 6.45) is 1.95. The number of nitrogens with one attached hydrogen (secondary N) is 1. The van der Waals surface area contributed by atoms with E-state index in [1.165, 1.54) is 29.2 Å². The summed E-state index contributed by atoms with van der Waals surface area (Å²) in [7, 11) is -4.29. The number of anilines is 1. The van der Waals surface area contributed by atoms with E-state index in [-0.39, 0.29) is 44.5 Å². The van der Waals surface area contributed by atoms with Crippen molar-refractivity contribution in [2.45, 2.75) is 57.5 Å². The first-order chi connectivity index (χ1) is 19.9. The van der Waals surface area contributed by atoms with E-state index in [2.05, 4.69) is 5.32 Å². The Labute approximate surface area is 267 Å². The number of hydrogen-bond donors (Lipinski definition) is 1. The number of unbranched alkanes of at least 4 members (excludes halogenated alkanes) is 1. The molecule has 0 heterocycles. The molecule has 42 heavy (non-hydrogen) atoms. The van der Waals surface area contributed by atoms with Crippen molar-refractivity contribution >= 4 is 73.9 Å². The Balaban J connectivity index is 2.09. The van der Waals surface area contributed by atoms with Gasteiger partial charge in [0.25, 0.3) is 10.0 Å². The Hall–Kier alpha value is -2.49. The molecule has 3 aromatic carbocycles. The second kappa shape index (κ2) is 15.3. The van der Waals surface area contributed by atoms with Crippen LogP contribution in [0.25, 0.3) is 0 Å². The second-order valence-electron chi connectivity index (χ2n) is 9.74. The van der Waals surface area contributed by atoms with Gasteiger partial charge in [0.2, 0.25) is 11.8 Å². The number of carbonyl (C=O) groups is 2. The maximum absolute atomic E-state index is 14.2. The number of rotatable bonds is 13. The summed E-state index contributed by atoms with van der Waals surface area (Å²) in [6, 6.07) is 14.8. The third kappa shape index (κ3) is 8.32. The molecule has 0 fully saturated rings. The summed E-state index contributed by atoms with van der Waals surface area (Å²) in [4.78, 5) is 28.8. The van der Waals surface area contributed by atoms with Crippen LogP contribution in [0.3, 0.4) is 0 Å². The molecule has 0 unspecified atom stereocenters. The van der Waals surface area contributed by atoms with Crippen LogP contribution in [0.4, 0.5) is 5.69 Å². The molecule has 1 atom stereocenters. The first kappa shape index (κ1) is 34.0. The van der Waals surface area contributed by atoms with E-state index in [1.807, 2.05) is 13.8 Å². The van der Waals surface area contributed by atoms with Gasteiger partial charge in [0, 0.05) is 13.1 Å². The summed E-state index contributed by atoms with van der Waals surface area (Å²) in [6.45, 7) is 5.42. The normalized spacial score (nSPS) is 12.1. The van der Waals surface area contributed by atoms with Crippen LogP contribution in [-0.4, -0.2) is 44.3 Å². The van der Waals surface area contributed by atoms with Gasteiger partial charge in [0.05, 0.1) is 30.7 Å². The third-order valence-electron chi connectivity index (χ3n) is 6.64. The van der Waals surface area contributed by atoms with Crippen molar-refractivity contribution in [1.29, 1.82) is 0 Å². The monoisotopic (exact) mass is 671 g/mol. The maximum atomic E-state index is 14.2. The van der Waals surface area contributed by atoms with Crippen molar-refractivity contribution < 1.29 is 18.0 Å². The van der Waals surface area contributed by atoms with Gasteiger partial charge in [-0.15, -0.1) is 0 Å². The molecule has 0 aliphatic carbocycles. The maximum Gasteiger partial charge on any atom is 0.264 e. The van der Waals surface area contributed by atoms with Crippen molar-refractivity contribution in [3.05, 3.63) is 91.9 Å². The molecule has 12 heteroatoms. The number of amides is 2. The van der Waals surface area contributed by atoms with Crippen LogP contribution in [0, 0.1) is 6.92 Å². The number of benzene rings is 3. The number of sulfonamides is 1. The van der Waals surface area contributed by atoms with Crippen LogP contribution in [0.1, 0.15) is 44.2 Å². The minimum Gasteiger partial charge on any atom is -0.354 e. The third-order valence-corrected chi connectivity index (χ3v) is 9.96. The Morgan fingerprint density at radius 2 is 1.60 bits per heavy atom. The van der Waals surface area contributed by atoms with Gasteiger partial charge in [-0.1, -0.05) is 96.5 Å². The number of nitrogens with zero attached hydrogens (tertiary/aromatic N) is 2. The lowest BCUT2D eigenvalue weighted by molar-refractivity contribution is -0.140. The molecular formula is C30H33Cl4N3O4S. The second-order valence-corrected chi connectivity index (χ2v) is 13.2. The predicted octanol–water partition coefficient (Wildman–Crippen LogP) is 7.53. The minimum atomic E-state index is -4.29. The molecule has 3 aromatic rings. The Morgan fingerprint density at radius 1 is 0.905 bits per heavy atom. The van der Waals surface area contributed by atoms with E-state index in [0.717, 1.165) is 22.7 Å². The lowest BCUT2D eigenvalue weighted by Gasteiger charge is -2.33. The van der Waals surface area contributed by atoms with Crippen molar-refractivity contribution in [1.82, 2.24) is 10.2 Å². The summed E-state index contributed by atoms with van der Waals surface area (Å²) >= 11 is 25.1. The number of hydrogen-bond acceptors (Lipinski definition) is 4. The molecule has 2 amide bonds. The molecule has 1 N–H and O–H groups in total. The van der Waals surface area contributed by atoms with E-state index in [9.17, 15) is 18.0 Å². The summed E-state index contributed by atoms with van der Waals surface area (Å²) in [5.41, 5.74) is 1.52.